The first-order valence-corrected chi connectivity index (χ1v) is 11.3. The molecule has 3 unspecified atom stereocenters. The van der Waals surface area contributed by atoms with Crippen LogP contribution in [0.3, 0.4) is 0 Å². The average molecular weight is 389 g/mol. The Kier molecular flexibility index (Phi) is 9.17. The molecular formula is C25H40O3. The molecule has 0 heterocycles. The lowest BCUT2D eigenvalue weighted by Gasteiger charge is -2.33. The summed E-state index contributed by atoms with van der Waals surface area (Å²) in [5.74, 6) is 0.593. The lowest BCUT2D eigenvalue weighted by Crippen LogP contribution is -2.34. The van der Waals surface area contributed by atoms with E-state index in [4.69, 9.17) is 4.74 Å². The topological polar surface area (TPSA) is 46.5 Å². The molecule has 0 amide bonds. The number of aliphatic hydroxyl groups excluding tert-OH is 1. The molecule has 158 valence electrons. The molecule has 0 aliphatic heterocycles. The first kappa shape index (κ1) is 23.1. The summed E-state index contributed by atoms with van der Waals surface area (Å²) >= 11 is 0. The van der Waals surface area contributed by atoms with E-state index in [2.05, 4.69) is 52.0 Å². The third kappa shape index (κ3) is 5.90. The standard InChI is InChI=1S/C25H40O3/c1-5-7-12-23(27)25(3,4)21-15-13-19(14-16-21)24-20(10-9-11-22(24)26)18-28-17-8-6-2/h13-16,20,23-24,27H,5-12,17-18H2,1-4H3. The molecule has 0 saturated heterocycles. The number of aliphatic hydroxyl groups is 1. The van der Waals surface area contributed by atoms with Gasteiger partial charge in [0.15, 0.2) is 0 Å². The predicted octanol–water partition coefficient (Wildman–Crippen LogP) is 5.78. The molecule has 0 spiro atoms. The van der Waals surface area contributed by atoms with E-state index in [1.165, 1.54) is 0 Å². The van der Waals surface area contributed by atoms with E-state index in [9.17, 15) is 9.90 Å². The Hall–Kier alpha value is -1.19. The van der Waals surface area contributed by atoms with Crippen molar-refractivity contribution in [1.29, 1.82) is 0 Å². The molecule has 1 aliphatic carbocycles. The molecule has 28 heavy (non-hydrogen) atoms. The normalized spacial score (nSPS) is 21.7. The monoisotopic (exact) mass is 388 g/mol. The van der Waals surface area contributed by atoms with Gasteiger partial charge in [-0.25, -0.2) is 0 Å². The zero-order valence-electron chi connectivity index (χ0n) is 18.4. The Morgan fingerprint density at radius 3 is 2.46 bits per heavy atom. The Balaban J connectivity index is 2.11. The van der Waals surface area contributed by atoms with Gasteiger partial charge in [-0.2, -0.15) is 0 Å². The Bertz CT molecular complexity index is 590. The van der Waals surface area contributed by atoms with Gasteiger partial charge in [0, 0.05) is 24.4 Å². The van der Waals surface area contributed by atoms with Gasteiger partial charge < -0.3 is 9.84 Å². The Labute approximate surface area is 171 Å². The molecule has 2 rings (SSSR count). The maximum absolute atomic E-state index is 12.7. The number of ketones is 1. The second-order valence-corrected chi connectivity index (χ2v) is 9.03. The van der Waals surface area contributed by atoms with Crippen LogP contribution in [0.5, 0.6) is 0 Å². The van der Waals surface area contributed by atoms with Crippen LogP contribution >= 0.6 is 0 Å². The van der Waals surface area contributed by atoms with Gasteiger partial charge in [-0.05, 0) is 42.7 Å². The van der Waals surface area contributed by atoms with Crippen molar-refractivity contribution in [3.8, 4) is 0 Å². The van der Waals surface area contributed by atoms with Crippen LogP contribution in [-0.2, 0) is 14.9 Å². The fraction of sp³-hybridized carbons (Fsp3) is 0.720. The van der Waals surface area contributed by atoms with Crippen LogP contribution < -0.4 is 0 Å². The highest BCUT2D eigenvalue weighted by Crippen LogP contribution is 2.37. The molecule has 0 radical (unpaired) electrons. The zero-order chi connectivity index (χ0) is 20.6. The predicted molar refractivity (Wildman–Crippen MR) is 116 cm³/mol. The summed E-state index contributed by atoms with van der Waals surface area (Å²) in [5.41, 5.74) is 1.96. The minimum atomic E-state index is -0.352. The van der Waals surface area contributed by atoms with Crippen LogP contribution in [0, 0.1) is 5.92 Å². The summed E-state index contributed by atoms with van der Waals surface area (Å²) in [4.78, 5) is 12.7. The lowest BCUT2D eigenvalue weighted by atomic mass is 9.73. The maximum Gasteiger partial charge on any atom is 0.140 e. The molecule has 1 fully saturated rings. The third-order valence-corrected chi connectivity index (χ3v) is 6.47. The number of Topliss-reactive ketones (excluding diaryl/α,β-unsaturated/α-hetero) is 1. The Morgan fingerprint density at radius 2 is 1.82 bits per heavy atom. The van der Waals surface area contributed by atoms with Gasteiger partial charge in [0.05, 0.1) is 12.7 Å². The molecule has 3 heteroatoms. The number of carbonyl (C=O) groups excluding carboxylic acids is 1. The highest BCUT2D eigenvalue weighted by molar-refractivity contribution is 5.86. The van der Waals surface area contributed by atoms with Gasteiger partial charge in [-0.1, -0.05) is 71.2 Å². The van der Waals surface area contributed by atoms with Crippen LogP contribution in [0.25, 0.3) is 0 Å². The number of unbranched alkanes of at least 4 members (excludes halogenated alkanes) is 2. The second kappa shape index (κ2) is 11.1. The van der Waals surface area contributed by atoms with Crippen molar-refractivity contribution in [1.82, 2.24) is 0 Å². The van der Waals surface area contributed by atoms with Crippen LogP contribution in [0.15, 0.2) is 24.3 Å². The molecular weight excluding hydrogens is 348 g/mol. The number of hydrogen-bond donors (Lipinski definition) is 1. The fourth-order valence-electron chi connectivity index (χ4n) is 4.31. The largest absolute Gasteiger partial charge is 0.392 e. The van der Waals surface area contributed by atoms with Gasteiger partial charge in [-0.3, -0.25) is 4.79 Å². The van der Waals surface area contributed by atoms with Crippen LogP contribution in [0.2, 0.25) is 0 Å². The van der Waals surface area contributed by atoms with Crippen molar-refractivity contribution in [3.05, 3.63) is 35.4 Å². The minimum Gasteiger partial charge on any atom is -0.392 e. The van der Waals surface area contributed by atoms with E-state index in [-0.39, 0.29) is 23.4 Å². The molecule has 1 aromatic rings. The van der Waals surface area contributed by atoms with Crippen LogP contribution in [-0.4, -0.2) is 30.2 Å². The highest BCUT2D eigenvalue weighted by Gasteiger charge is 2.34. The van der Waals surface area contributed by atoms with Crippen molar-refractivity contribution in [3.63, 3.8) is 0 Å². The molecule has 1 aliphatic rings. The van der Waals surface area contributed by atoms with E-state index in [0.29, 0.717) is 18.8 Å². The van der Waals surface area contributed by atoms with Gasteiger partial charge in [0.1, 0.15) is 5.78 Å². The fourth-order valence-corrected chi connectivity index (χ4v) is 4.31. The Morgan fingerprint density at radius 1 is 1.14 bits per heavy atom. The molecule has 1 aromatic carbocycles. The first-order valence-electron chi connectivity index (χ1n) is 11.3. The van der Waals surface area contributed by atoms with E-state index < -0.39 is 0 Å². The van der Waals surface area contributed by atoms with E-state index >= 15 is 0 Å². The molecule has 0 aromatic heterocycles. The van der Waals surface area contributed by atoms with Gasteiger partial charge in [0.2, 0.25) is 0 Å². The smallest absolute Gasteiger partial charge is 0.140 e. The molecule has 1 N–H and O–H groups in total. The number of ether oxygens (including phenoxy) is 1. The van der Waals surface area contributed by atoms with Crippen molar-refractivity contribution in [2.24, 2.45) is 5.92 Å². The number of carbonyl (C=O) groups is 1. The zero-order valence-corrected chi connectivity index (χ0v) is 18.4. The molecule has 0 bridgehead atoms. The average Bonchev–Trinajstić information content (AvgIpc) is 2.69. The third-order valence-electron chi connectivity index (χ3n) is 6.47. The van der Waals surface area contributed by atoms with Gasteiger partial charge in [-0.15, -0.1) is 0 Å². The van der Waals surface area contributed by atoms with Crippen LogP contribution in [0.4, 0.5) is 0 Å². The maximum atomic E-state index is 12.7. The molecule has 1 saturated carbocycles. The lowest BCUT2D eigenvalue weighted by molar-refractivity contribution is -0.124. The minimum absolute atomic E-state index is 0.0439. The summed E-state index contributed by atoms with van der Waals surface area (Å²) in [7, 11) is 0. The van der Waals surface area contributed by atoms with Crippen LogP contribution in [0.1, 0.15) is 96.1 Å². The summed E-state index contributed by atoms with van der Waals surface area (Å²) < 4.78 is 5.88. The SMILES string of the molecule is CCCCOCC1CCCC(=O)C1c1ccc(C(C)(C)C(O)CCCC)cc1. The number of rotatable bonds is 11. The number of hydrogen-bond acceptors (Lipinski definition) is 3. The van der Waals surface area contributed by atoms with E-state index in [1.54, 1.807) is 0 Å². The van der Waals surface area contributed by atoms with Gasteiger partial charge in [0.25, 0.3) is 0 Å². The van der Waals surface area contributed by atoms with Gasteiger partial charge >= 0.3 is 0 Å². The highest BCUT2D eigenvalue weighted by atomic mass is 16.5. The summed E-state index contributed by atoms with van der Waals surface area (Å²) in [6.45, 7) is 10.0. The van der Waals surface area contributed by atoms with Crippen molar-refractivity contribution in [2.45, 2.75) is 96.5 Å². The summed E-state index contributed by atoms with van der Waals surface area (Å²) in [6.07, 6.45) is 7.54. The van der Waals surface area contributed by atoms with Crippen molar-refractivity contribution in [2.75, 3.05) is 13.2 Å². The van der Waals surface area contributed by atoms with E-state index in [0.717, 1.165) is 62.7 Å². The second-order valence-electron chi connectivity index (χ2n) is 9.03. The molecule has 3 atom stereocenters. The van der Waals surface area contributed by atoms with E-state index in [1.807, 2.05) is 0 Å². The number of benzene rings is 1. The van der Waals surface area contributed by atoms with Crippen molar-refractivity contribution >= 4 is 5.78 Å². The summed E-state index contributed by atoms with van der Waals surface area (Å²) in [6, 6.07) is 8.44. The summed E-state index contributed by atoms with van der Waals surface area (Å²) in [5, 5.41) is 10.6. The quantitative estimate of drug-likeness (QED) is 0.488. The molecule has 3 nitrogen and oxygen atoms in total. The first-order chi connectivity index (χ1) is 13.4. The van der Waals surface area contributed by atoms with Crippen molar-refractivity contribution < 1.29 is 14.6 Å².